The molecule has 0 bridgehead atoms. The fourth-order valence-electron chi connectivity index (χ4n) is 1.69. The van der Waals surface area contributed by atoms with E-state index in [4.69, 9.17) is 5.26 Å². The first kappa shape index (κ1) is 12.9. The minimum atomic E-state index is -3.72. The van der Waals surface area contributed by atoms with E-state index in [9.17, 15) is 13.2 Å². The number of carbonyl (C=O) groups excluding carboxylic acids is 1. The topological polar surface area (TPSA) is 87.5 Å². The molecule has 0 aromatic heterocycles. The Kier molecular flexibility index (Phi) is 3.88. The predicted octanol–water partition coefficient (Wildman–Crippen LogP) is -0.134. The molecule has 1 saturated heterocycles. The number of hydrogen-bond acceptors (Lipinski definition) is 5. The van der Waals surface area contributed by atoms with Gasteiger partial charge in [-0.3, -0.25) is 4.79 Å². The standard InChI is InChI=1S/C9H14N2O4S/c1-7(6-10)16(13,14)11-5-3-4-8(11)9(12)15-2/h7-8H,3-5H2,1-2H3. The monoisotopic (exact) mass is 246 g/mol. The molecule has 2 unspecified atom stereocenters. The fourth-order valence-corrected chi connectivity index (χ4v) is 3.16. The van der Waals surface area contributed by atoms with Crippen molar-refractivity contribution in [3.05, 3.63) is 0 Å². The zero-order valence-corrected chi connectivity index (χ0v) is 10.0. The van der Waals surface area contributed by atoms with Gasteiger partial charge in [-0.15, -0.1) is 0 Å². The molecule has 16 heavy (non-hydrogen) atoms. The average Bonchev–Trinajstić information content (AvgIpc) is 2.76. The second kappa shape index (κ2) is 4.80. The first-order valence-electron chi connectivity index (χ1n) is 4.93. The molecule has 0 spiro atoms. The summed E-state index contributed by atoms with van der Waals surface area (Å²) in [6, 6.07) is 0.905. The SMILES string of the molecule is COC(=O)C1CCCN1S(=O)(=O)C(C)C#N. The number of esters is 1. The van der Waals surface area contributed by atoms with Crippen LogP contribution in [0.15, 0.2) is 0 Å². The molecule has 1 aliphatic rings. The van der Waals surface area contributed by atoms with E-state index >= 15 is 0 Å². The van der Waals surface area contributed by atoms with Crippen molar-refractivity contribution in [2.45, 2.75) is 31.1 Å². The highest BCUT2D eigenvalue weighted by Crippen LogP contribution is 2.24. The predicted molar refractivity (Wildman–Crippen MR) is 55.7 cm³/mol. The molecule has 0 radical (unpaired) electrons. The second-order valence-electron chi connectivity index (χ2n) is 3.61. The van der Waals surface area contributed by atoms with E-state index in [2.05, 4.69) is 4.74 Å². The van der Waals surface area contributed by atoms with Gasteiger partial charge in [-0.25, -0.2) is 8.42 Å². The van der Waals surface area contributed by atoms with Crippen molar-refractivity contribution in [1.82, 2.24) is 4.31 Å². The molecule has 0 saturated carbocycles. The average molecular weight is 246 g/mol. The summed E-state index contributed by atoms with van der Waals surface area (Å²) in [6.45, 7) is 1.58. The molecule has 6 nitrogen and oxygen atoms in total. The molecule has 1 aliphatic heterocycles. The molecule has 1 rings (SSSR count). The zero-order valence-electron chi connectivity index (χ0n) is 9.21. The molecule has 1 fully saturated rings. The van der Waals surface area contributed by atoms with Crippen LogP contribution in [0.25, 0.3) is 0 Å². The van der Waals surface area contributed by atoms with Gasteiger partial charge in [0.1, 0.15) is 6.04 Å². The summed E-state index contributed by atoms with van der Waals surface area (Å²) >= 11 is 0. The summed E-state index contributed by atoms with van der Waals surface area (Å²) in [7, 11) is -2.50. The number of nitrogens with zero attached hydrogens (tertiary/aromatic N) is 2. The maximum atomic E-state index is 11.9. The van der Waals surface area contributed by atoms with E-state index < -0.39 is 27.3 Å². The van der Waals surface area contributed by atoms with Gasteiger partial charge in [0.2, 0.25) is 10.0 Å². The largest absolute Gasteiger partial charge is 0.468 e. The van der Waals surface area contributed by atoms with Gasteiger partial charge in [-0.2, -0.15) is 9.57 Å². The molecule has 0 aliphatic carbocycles. The van der Waals surface area contributed by atoms with Gasteiger partial charge in [0.15, 0.2) is 5.25 Å². The second-order valence-corrected chi connectivity index (χ2v) is 5.81. The molecule has 90 valence electrons. The lowest BCUT2D eigenvalue weighted by Gasteiger charge is -2.22. The lowest BCUT2D eigenvalue weighted by Crippen LogP contribution is -2.44. The fraction of sp³-hybridized carbons (Fsp3) is 0.778. The number of rotatable bonds is 3. The Morgan fingerprint density at radius 1 is 1.62 bits per heavy atom. The molecular weight excluding hydrogens is 232 g/mol. The molecule has 0 N–H and O–H groups in total. The van der Waals surface area contributed by atoms with Crippen molar-refractivity contribution in [3.8, 4) is 6.07 Å². The van der Waals surface area contributed by atoms with Crippen LogP contribution < -0.4 is 0 Å². The van der Waals surface area contributed by atoms with Crippen molar-refractivity contribution in [1.29, 1.82) is 5.26 Å². The van der Waals surface area contributed by atoms with E-state index in [-0.39, 0.29) is 6.54 Å². The summed E-state index contributed by atoms with van der Waals surface area (Å²) in [6.07, 6.45) is 1.06. The maximum absolute atomic E-state index is 11.9. The van der Waals surface area contributed by atoms with Crippen molar-refractivity contribution in [3.63, 3.8) is 0 Å². The maximum Gasteiger partial charge on any atom is 0.324 e. The molecule has 0 amide bonds. The summed E-state index contributed by atoms with van der Waals surface area (Å²) in [5, 5.41) is 7.50. The Labute approximate surface area is 94.8 Å². The molecule has 0 aromatic carbocycles. The lowest BCUT2D eigenvalue weighted by molar-refractivity contribution is -0.144. The van der Waals surface area contributed by atoms with Crippen LogP contribution in [0.2, 0.25) is 0 Å². The Morgan fingerprint density at radius 3 is 2.75 bits per heavy atom. The molecular formula is C9H14N2O4S. The van der Waals surface area contributed by atoms with Crippen molar-refractivity contribution >= 4 is 16.0 Å². The third kappa shape index (κ3) is 2.18. The first-order valence-corrected chi connectivity index (χ1v) is 6.43. The van der Waals surface area contributed by atoms with Crippen molar-refractivity contribution < 1.29 is 17.9 Å². The van der Waals surface area contributed by atoms with Crippen LogP contribution in [-0.4, -0.2) is 43.6 Å². The number of sulfonamides is 1. The quantitative estimate of drug-likeness (QED) is 0.647. The van der Waals surface area contributed by atoms with Gasteiger partial charge in [0, 0.05) is 6.54 Å². The van der Waals surface area contributed by atoms with Gasteiger partial charge in [-0.05, 0) is 19.8 Å². The first-order chi connectivity index (χ1) is 7.45. The molecule has 1 heterocycles. The number of carbonyl (C=O) groups is 1. The van der Waals surface area contributed by atoms with Crippen LogP contribution in [0.3, 0.4) is 0 Å². The van der Waals surface area contributed by atoms with Crippen LogP contribution in [0.4, 0.5) is 0 Å². The number of hydrogen-bond donors (Lipinski definition) is 0. The third-order valence-electron chi connectivity index (χ3n) is 2.63. The molecule has 2 atom stereocenters. The molecule has 7 heteroatoms. The van der Waals surface area contributed by atoms with Crippen molar-refractivity contribution in [2.75, 3.05) is 13.7 Å². The van der Waals surface area contributed by atoms with Gasteiger partial charge in [0.05, 0.1) is 13.2 Å². The Hall–Kier alpha value is -1.13. The van der Waals surface area contributed by atoms with Gasteiger partial charge in [0.25, 0.3) is 0 Å². The van der Waals surface area contributed by atoms with Crippen LogP contribution in [0.5, 0.6) is 0 Å². The number of methoxy groups -OCH3 is 1. The highest BCUT2D eigenvalue weighted by Gasteiger charge is 2.41. The summed E-state index contributed by atoms with van der Waals surface area (Å²) in [5.74, 6) is -0.564. The Morgan fingerprint density at radius 2 is 2.25 bits per heavy atom. The van der Waals surface area contributed by atoms with E-state index in [0.29, 0.717) is 12.8 Å². The summed E-state index contributed by atoms with van der Waals surface area (Å²) < 4.78 is 29.4. The summed E-state index contributed by atoms with van der Waals surface area (Å²) in [4.78, 5) is 11.4. The van der Waals surface area contributed by atoms with E-state index in [1.165, 1.54) is 14.0 Å². The van der Waals surface area contributed by atoms with Crippen molar-refractivity contribution in [2.24, 2.45) is 0 Å². The van der Waals surface area contributed by atoms with Crippen LogP contribution in [-0.2, 0) is 19.6 Å². The van der Waals surface area contributed by atoms with Crippen LogP contribution in [0, 0.1) is 11.3 Å². The molecule has 0 aromatic rings. The Balaban J connectivity index is 2.96. The van der Waals surface area contributed by atoms with Crippen LogP contribution >= 0.6 is 0 Å². The van der Waals surface area contributed by atoms with Gasteiger partial charge in [-0.1, -0.05) is 0 Å². The Bertz CT molecular complexity index is 412. The highest BCUT2D eigenvalue weighted by molar-refractivity contribution is 7.90. The number of nitriles is 1. The van der Waals surface area contributed by atoms with Crippen LogP contribution in [0.1, 0.15) is 19.8 Å². The highest BCUT2D eigenvalue weighted by atomic mass is 32.2. The van der Waals surface area contributed by atoms with E-state index in [0.717, 1.165) is 4.31 Å². The van der Waals surface area contributed by atoms with Gasteiger partial charge < -0.3 is 4.74 Å². The smallest absolute Gasteiger partial charge is 0.324 e. The van der Waals surface area contributed by atoms with E-state index in [1.54, 1.807) is 6.07 Å². The van der Waals surface area contributed by atoms with E-state index in [1.807, 2.05) is 0 Å². The number of ether oxygens (including phenoxy) is 1. The zero-order chi connectivity index (χ0) is 12.3. The minimum Gasteiger partial charge on any atom is -0.468 e. The summed E-state index contributed by atoms with van der Waals surface area (Å²) in [5.41, 5.74) is 0. The normalized spacial score (nSPS) is 23.7. The lowest BCUT2D eigenvalue weighted by atomic mass is 10.2. The van der Waals surface area contributed by atoms with Gasteiger partial charge >= 0.3 is 5.97 Å². The third-order valence-corrected chi connectivity index (χ3v) is 4.72. The minimum absolute atomic E-state index is 0.272.